The lowest BCUT2D eigenvalue weighted by molar-refractivity contribution is -0.116. The van der Waals surface area contributed by atoms with Crippen LogP contribution in [-0.4, -0.2) is 46.8 Å². The van der Waals surface area contributed by atoms with Crippen molar-refractivity contribution in [2.45, 2.75) is 33.1 Å². The molecule has 0 atom stereocenters. The van der Waals surface area contributed by atoms with Crippen molar-refractivity contribution in [3.8, 4) is 0 Å². The molecule has 1 N–H and O–H groups in total. The molecular formula is C14H21N5O2S. The molecule has 0 saturated carbocycles. The number of carbonyl (C=O) groups excluding carboxylic acids is 1. The fraction of sp³-hybridized carbons (Fsp3) is 0.571. The van der Waals surface area contributed by atoms with E-state index in [2.05, 4.69) is 25.6 Å². The Hall–Kier alpha value is -1.80. The van der Waals surface area contributed by atoms with Gasteiger partial charge in [-0.1, -0.05) is 16.5 Å². The number of nitrogens with one attached hydrogen (secondary N) is 1. The molecule has 0 fully saturated rings. The molecule has 0 radical (unpaired) electrons. The second kappa shape index (κ2) is 7.46. The van der Waals surface area contributed by atoms with Gasteiger partial charge in [0.1, 0.15) is 10.8 Å². The van der Waals surface area contributed by atoms with E-state index in [0.717, 1.165) is 35.0 Å². The summed E-state index contributed by atoms with van der Waals surface area (Å²) >= 11 is 1.42. The van der Waals surface area contributed by atoms with Crippen LogP contribution in [0.2, 0.25) is 0 Å². The van der Waals surface area contributed by atoms with Gasteiger partial charge in [0, 0.05) is 24.9 Å². The summed E-state index contributed by atoms with van der Waals surface area (Å²) in [7, 11) is 4.02. The van der Waals surface area contributed by atoms with Crippen LogP contribution in [0.25, 0.3) is 0 Å². The Morgan fingerprint density at radius 1 is 1.27 bits per heavy atom. The maximum Gasteiger partial charge on any atom is 0.226 e. The second-order valence-electron chi connectivity index (χ2n) is 5.41. The van der Waals surface area contributed by atoms with Crippen molar-refractivity contribution in [2.75, 3.05) is 26.0 Å². The largest absolute Gasteiger partial charge is 0.361 e. The first kappa shape index (κ1) is 16.6. The van der Waals surface area contributed by atoms with E-state index >= 15 is 0 Å². The van der Waals surface area contributed by atoms with Gasteiger partial charge in [0.2, 0.25) is 11.0 Å². The van der Waals surface area contributed by atoms with Crippen LogP contribution in [0, 0.1) is 13.8 Å². The molecule has 1 amide bonds. The van der Waals surface area contributed by atoms with Crippen molar-refractivity contribution < 1.29 is 9.32 Å². The molecule has 2 rings (SSSR count). The van der Waals surface area contributed by atoms with Crippen molar-refractivity contribution in [3.05, 3.63) is 22.0 Å². The van der Waals surface area contributed by atoms with Gasteiger partial charge in [-0.15, -0.1) is 10.2 Å². The number of hydrogen-bond donors (Lipinski definition) is 1. The monoisotopic (exact) mass is 323 g/mol. The number of carbonyl (C=O) groups is 1. The molecule has 8 heteroatoms. The van der Waals surface area contributed by atoms with Crippen LogP contribution in [-0.2, 0) is 17.6 Å². The molecule has 0 aliphatic carbocycles. The molecule has 2 aromatic rings. The predicted molar refractivity (Wildman–Crippen MR) is 85.1 cm³/mol. The highest BCUT2D eigenvalue weighted by Crippen LogP contribution is 2.17. The summed E-state index contributed by atoms with van der Waals surface area (Å²) in [5.74, 6) is 0.697. The van der Waals surface area contributed by atoms with E-state index in [9.17, 15) is 4.79 Å². The van der Waals surface area contributed by atoms with Gasteiger partial charge in [-0.2, -0.15) is 0 Å². The molecule has 0 spiro atoms. The molecule has 2 aromatic heterocycles. The van der Waals surface area contributed by atoms with Crippen LogP contribution in [0.15, 0.2) is 4.52 Å². The quantitative estimate of drug-likeness (QED) is 0.836. The molecular weight excluding hydrogens is 302 g/mol. The zero-order valence-corrected chi connectivity index (χ0v) is 14.2. The number of amides is 1. The van der Waals surface area contributed by atoms with Gasteiger partial charge in [0.25, 0.3) is 0 Å². The van der Waals surface area contributed by atoms with Gasteiger partial charge < -0.3 is 14.7 Å². The maximum atomic E-state index is 12.0. The fourth-order valence-electron chi connectivity index (χ4n) is 2.00. The molecule has 7 nitrogen and oxygen atoms in total. The van der Waals surface area contributed by atoms with E-state index in [1.807, 2.05) is 27.9 Å². The Labute approximate surface area is 133 Å². The Morgan fingerprint density at radius 3 is 2.68 bits per heavy atom. The second-order valence-corrected chi connectivity index (χ2v) is 6.47. The summed E-state index contributed by atoms with van der Waals surface area (Å²) in [6.45, 7) is 4.65. The Morgan fingerprint density at radius 2 is 2.05 bits per heavy atom. The zero-order chi connectivity index (χ0) is 16.1. The normalized spacial score (nSPS) is 11.1. The standard InChI is InChI=1S/C14H21N5O2S/c1-9-11(10(2)21-18-9)5-6-12(20)15-14-17-16-13(22-14)7-8-19(3)4/h5-8H2,1-4H3,(H,15,17,20). The van der Waals surface area contributed by atoms with E-state index in [1.165, 1.54) is 11.3 Å². The van der Waals surface area contributed by atoms with Crippen LogP contribution < -0.4 is 5.32 Å². The number of aryl methyl sites for hydroxylation is 2. The highest BCUT2D eigenvalue weighted by Gasteiger charge is 2.13. The molecule has 0 unspecified atom stereocenters. The highest BCUT2D eigenvalue weighted by atomic mass is 32.1. The van der Waals surface area contributed by atoms with Crippen LogP contribution >= 0.6 is 11.3 Å². The zero-order valence-electron chi connectivity index (χ0n) is 13.3. The number of anilines is 1. The van der Waals surface area contributed by atoms with E-state index in [0.29, 0.717) is 18.0 Å². The van der Waals surface area contributed by atoms with Crippen LogP contribution in [0.5, 0.6) is 0 Å². The van der Waals surface area contributed by atoms with Crippen molar-refractivity contribution in [1.29, 1.82) is 0 Å². The van der Waals surface area contributed by atoms with E-state index in [1.54, 1.807) is 0 Å². The molecule has 0 saturated heterocycles. The van der Waals surface area contributed by atoms with Crippen molar-refractivity contribution >= 4 is 22.4 Å². The number of nitrogens with zero attached hydrogens (tertiary/aromatic N) is 4. The van der Waals surface area contributed by atoms with Crippen molar-refractivity contribution in [1.82, 2.24) is 20.3 Å². The minimum Gasteiger partial charge on any atom is -0.361 e. The summed E-state index contributed by atoms with van der Waals surface area (Å²) < 4.78 is 5.09. The number of hydrogen-bond acceptors (Lipinski definition) is 7. The predicted octanol–water partition coefficient (Wildman–Crippen LogP) is 1.82. The van der Waals surface area contributed by atoms with E-state index < -0.39 is 0 Å². The molecule has 120 valence electrons. The van der Waals surface area contributed by atoms with Crippen LogP contribution in [0.3, 0.4) is 0 Å². The van der Waals surface area contributed by atoms with Gasteiger partial charge in [0.05, 0.1) is 5.69 Å². The molecule has 0 aromatic carbocycles. The first-order valence-electron chi connectivity index (χ1n) is 7.14. The smallest absolute Gasteiger partial charge is 0.226 e. The summed E-state index contributed by atoms with van der Waals surface area (Å²) in [6, 6.07) is 0. The van der Waals surface area contributed by atoms with Crippen molar-refractivity contribution in [2.24, 2.45) is 0 Å². The fourth-order valence-corrected chi connectivity index (χ4v) is 2.75. The Balaban J connectivity index is 1.82. The third-order valence-corrected chi connectivity index (χ3v) is 4.17. The third kappa shape index (κ3) is 4.60. The van der Waals surface area contributed by atoms with Gasteiger partial charge in [0.15, 0.2) is 0 Å². The summed E-state index contributed by atoms with van der Waals surface area (Å²) in [5.41, 5.74) is 1.84. The SMILES string of the molecule is Cc1noc(C)c1CCC(=O)Nc1nnc(CCN(C)C)s1. The van der Waals surface area contributed by atoms with Crippen molar-refractivity contribution in [3.63, 3.8) is 0 Å². The molecule has 0 aliphatic rings. The molecule has 22 heavy (non-hydrogen) atoms. The number of rotatable bonds is 7. The summed E-state index contributed by atoms with van der Waals surface area (Å²) in [6.07, 6.45) is 1.81. The summed E-state index contributed by atoms with van der Waals surface area (Å²) in [4.78, 5) is 14.1. The topological polar surface area (TPSA) is 84.2 Å². The molecule has 2 heterocycles. The van der Waals surface area contributed by atoms with E-state index in [4.69, 9.17) is 4.52 Å². The van der Waals surface area contributed by atoms with Gasteiger partial charge in [-0.05, 0) is 34.4 Å². The summed E-state index contributed by atoms with van der Waals surface area (Å²) in [5, 5.41) is 16.2. The Kier molecular flexibility index (Phi) is 5.62. The van der Waals surface area contributed by atoms with Crippen LogP contribution in [0.4, 0.5) is 5.13 Å². The average Bonchev–Trinajstić information content (AvgIpc) is 3.02. The number of aromatic nitrogens is 3. The first-order valence-corrected chi connectivity index (χ1v) is 7.96. The molecule has 0 aliphatic heterocycles. The lowest BCUT2D eigenvalue weighted by Gasteiger charge is -2.05. The maximum absolute atomic E-state index is 12.0. The van der Waals surface area contributed by atoms with Gasteiger partial charge in [-0.3, -0.25) is 4.79 Å². The average molecular weight is 323 g/mol. The molecule has 0 bridgehead atoms. The van der Waals surface area contributed by atoms with E-state index in [-0.39, 0.29) is 5.91 Å². The van der Waals surface area contributed by atoms with Gasteiger partial charge in [-0.25, -0.2) is 0 Å². The first-order chi connectivity index (χ1) is 10.5. The lowest BCUT2D eigenvalue weighted by atomic mass is 10.1. The third-order valence-electron chi connectivity index (χ3n) is 3.27. The minimum atomic E-state index is -0.0738. The van der Waals surface area contributed by atoms with Crippen LogP contribution in [0.1, 0.15) is 28.4 Å². The number of likely N-dealkylation sites (N-methyl/N-ethyl adjacent to an activating group) is 1. The van der Waals surface area contributed by atoms with Gasteiger partial charge >= 0.3 is 0 Å². The minimum absolute atomic E-state index is 0.0738. The highest BCUT2D eigenvalue weighted by molar-refractivity contribution is 7.15. The Bertz CT molecular complexity index is 615. The lowest BCUT2D eigenvalue weighted by Crippen LogP contribution is -2.14.